The Labute approximate surface area is 120 Å². The average molecular weight is 295 g/mol. The van der Waals surface area contributed by atoms with Crippen molar-refractivity contribution in [1.29, 1.82) is 0 Å². The fourth-order valence-electron chi connectivity index (χ4n) is 1.55. The van der Waals surface area contributed by atoms with Gasteiger partial charge in [-0.15, -0.1) is 22.7 Å². The molecule has 2 aromatic rings. The quantitative estimate of drug-likeness (QED) is 0.922. The molecule has 0 aliphatic rings. The third-order valence-corrected chi connectivity index (χ3v) is 4.67. The molecule has 0 saturated carbocycles. The first-order valence-corrected chi connectivity index (χ1v) is 7.92. The van der Waals surface area contributed by atoms with E-state index in [1.807, 2.05) is 17.7 Å². The van der Waals surface area contributed by atoms with Crippen molar-refractivity contribution in [3.63, 3.8) is 0 Å². The van der Waals surface area contributed by atoms with E-state index in [4.69, 9.17) is 0 Å². The van der Waals surface area contributed by atoms with E-state index in [9.17, 15) is 4.79 Å². The molecule has 6 heteroatoms. The molecule has 0 spiro atoms. The Bertz CT molecular complexity index is 560. The van der Waals surface area contributed by atoms with Gasteiger partial charge in [0, 0.05) is 22.4 Å². The van der Waals surface area contributed by atoms with Crippen molar-refractivity contribution < 1.29 is 4.79 Å². The molecule has 0 atom stereocenters. The zero-order valence-corrected chi connectivity index (χ0v) is 12.9. The van der Waals surface area contributed by atoms with Crippen LogP contribution in [0, 0.1) is 6.92 Å². The van der Waals surface area contributed by atoms with E-state index in [-0.39, 0.29) is 5.91 Å². The highest BCUT2D eigenvalue weighted by Gasteiger charge is 2.10. The Morgan fingerprint density at radius 1 is 1.32 bits per heavy atom. The fraction of sp³-hybridized carbons (Fsp3) is 0.462. The van der Waals surface area contributed by atoms with Crippen molar-refractivity contribution in [1.82, 2.24) is 15.3 Å². The first kappa shape index (κ1) is 14.1. The van der Waals surface area contributed by atoms with Gasteiger partial charge < -0.3 is 5.32 Å². The summed E-state index contributed by atoms with van der Waals surface area (Å²) in [5.74, 6) is 0.411. The van der Waals surface area contributed by atoms with Crippen LogP contribution in [0.15, 0.2) is 10.8 Å². The predicted molar refractivity (Wildman–Crippen MR) is 78.6 cm³/mol. The van der Waals surface area contributed by atoms with Crippen LogP contribution in [-0.2, 0) is 17.8 Å². The SMILES string of the molecule is Cc1csc(CNC(=O)Cc2csc(C(C)C)n2)n1. The molecule has 1 N–H and O–H groups in total. The molecule has 0 unspecified atom stereocenters. The lowest BCUT2D eigenvalue weighted by molar-refractivity contribution is -0.120. The largest absolute Gasteiger partial charge is 0.349 e. The highest BCUT2D eigenvalue weighted by atomic mass is 32.1. The maximum Gasteiger partial charge on any atom is 0.226 e. The summed E-state index contributed by atoms with van der Waals surface area (Å²) in [6.07, 6.45) is 0.341. The van der Waals surface area contributed by atoms with Crippen LogP contribution in [0.4, 0.5) is 0 Å². The van der Waals surface area contributed by atoms with E-state index >= 15 is 0 Å². The topological polar surface area (TPSA) is 54.9 Å². The lowest BCUT2D eigenvalue weighted by atomic mass is 10.2. The summed E-state index contributed by atoms with van der Waals surface area (Å²) >= 11 is 3.18. The lowest BCUT2D eigenvalue weighted by Gasteiger charge is -2.01. The normalized spacial score (nSPS) is 10.9. The summed E-state index contributed by atoms with van der Waals surface area (Å²) in [6, 6.07) is 0. The summed E-state index contributed by atoms with van der Waals surface area (Å²) in [7, 11) is 0. The minimum Gasteiger partial charge on any atom is -0.349 e. The zero-order chi connectivity index (χ0) is 13.8. The highest BCUT2D eigenvalue weighted by Crippen LogP contribution is 2.19. The Morgan fingerprint density at radius 3 is 2.68 bits per heavy atom. The third-order valence-electron chi connectivity index (χ3n) is 2.51. The summed E-state index contributed by atoms with van der Waals surface area (Å²) < 4.78 is 0. The number of thiazole rings is 2. The van der Waals surface area contributed by atoms with Gasteiger partial charge in [-0.1, -0.05) is 13.8 Å². The molecule has 0 aliphatic carbocycles. The lowest BCUT2D eigenvalue weighted by Crippen LogP contribution is -2.24. The number of hydrogen-bond donors (Lipinski definition) is 1. The Morgan fingerprint density at radius 2 is 2.11 bits per heavy atom. The Balaban J connectivity index is 1.83. The molecule has 4 nitrogen and oxygen atoms in total. The van der Waals surface area contributed by atoms with Crippen LogP contribution in [-0.4, -0.2) is 15.9 Å². The predicted octanol–water partition coefficient (Wildman–Crippen LogP) is 2.89. The molecule has 0 aliphatic heterocycles. The molecule has 2 heterocycles. The van der Waals surface area contributed by atoms with Crippen molar-refractivity contribution in [3.05, 3.63) is 32.2 Å². The smallest absolute Gasteiger partial charge is 0.226 e. The number of carbonyl (C=O) groups excluding carboxylic acids is 1. The number of carbonyl (C=O) groups is 1. The minimum atomic E-state index is -0.00606. The average Bonchev–Trinajstić information content (AvgIpc) is 2.96. The van der Waals surface area contributed by atoms with E-state index in [2.05, 4.69) is 29.1 Å². The third kappa shape index (κ3) is 4.11. The van der Waals surface area contributed by atoms with Crippen LogP contribution in [0.3, 0.4) is 0 Å². The molecular formula is C13H17N3OS2. The van der Waals surface area contributed by atoms with Gasteiger partial charge in [-0.25, -0.2) is 9.97 Å². The van der Waals surface area contributed by atoms with Crippen LogP contribution < -0.4 is 5.32 Å². The number of aryl methyl sites for hydroxylation is 1. The van der Waals surface area contributed by atoms with Crippen LogP contribution in [0.2, 0.25) is 0 Å². The summed E-state index contributed by atoms with van der Waals surface area (Å²) in [4.78, 5) is 20.6. The van der Waals surface area contributed by atoms with Gasteiger partial charge in [0.25, 0.3) is 0 Å². The molecule has 0 radical (unpaired) electrons. The molecule has 2 aromatic heterocycles. The fourth-order valence-corrected chi connectivity index (χ4v) is 3.10. The van der Waals surface area contributed by atoms with Gasteiger partial charge in [0.2, 0.25) is 5.91 Å². The van der Waals surface area contributed by atoms with Crippen molar-refractivity contribution in [3.8, 4) is 0 Å². The summed E-state index contributed by atoms with van der Waals surface area (Å²) in [5.41, 5.74) is 1.84. The first-order valence-electron chi connectivity index (χ1n) is 6.16. The van der Waals surface area contributed by atoms with Gasteiger partial charge in [-0.05, 0) is 6.92 Å². The van der Waals surface area contributed by atoms with E-state index in [0.717, 1.165) is 21.4 Å². The standard InChI is InChI=1S/C13H17N3OS2/c1-8(2)13-16-10(7-19-13)4-11(17)14-5-12-15-9(3)6-18-12/h6-8H,4-5H2,1-3H3,(H,14,17). The molecule has 0 saturated heterocycles. The van der Waals surface area contributed by atoms with Gasteiger partial charge in [-0.3, -0.25) is 4.79 Å². The van der Waals surface area contributed by atoms with Gasteiger partial charge >= 0.3 is 0 Å². The second kappa shape index (κ2) is 6.25. The van der Waals surface area contributed by atoms with E-state index in [1.54, 1.807) is 22.7 Å². The molecule has 0 fully saturated rings. The number of nitrogens with one attached hydrogen (secondary N) is 1. The number of amides is 1. The minimum absolute atomic E-state index is 0.00606. The number of rotatable bonds is 5. The number of aromatic nitrogens is 2. The molecular weight excluding hydrogens is 278 g/mol. The van der Waals surface area contributed by atoms with E-state index < -0.39 is 0 Å². The number of nitrogens with zero attached hydrogens (tertiary/aromatic N) is 2. The van der Waals surface area contributed by atoms with Gasteiger partial charge in [0.1, 0.15) is 5.01 Å². The van der Waals surface area contributed by atoms with Gasteiger partial charge in [-0.2, -0.15) is 0 Å². The van der Waals surface area contributed by atoms with Crippen molar-refractivity contribution in [2.24, 2.45) is 0 Å². The summed E-state index contributed by atoms with van der Waals surface area (Å²) in [5, 5.41) is 8.84. The molecule has 0 aromatic carbocycles. The van der Waals surface area contributed by atoms with Crippen LogP contribution >= 0.6 is 22.7 Å². The maximum atomic E-state index is 11.8. The van der Waals surface area contributed by atoms with Crippen LogP contribution in [0.1, 0.15) is 41.2 Å². The van der Waals surface area contributed by atoms with Gasteiger partial charge in [0.05, 0.1) is 23.7 Å². The molecule has 1 amide bonds. The molecule has 19 heavy (non-hydrogen) atoms. The monoisotopic (exact) mass is 295 g/mol. The van der Waals surface area contributed by atoms with Gasteiger partial charge in [0.15, 0.2) is 0 Å². The van der Waals surface area contributed by atoms with E-state index in [0.29, 0.717) is 18.9 Å². The van der Waals surface area contributed by atoms with E-state index in [1.165, 1.54) is 0 Å². The van der Waals surface area contributed by atoms with Crippen LogP contribution in [0.25, 0.3) is 0 Å². The summed E-state index contributed by atoms with van der Waals surface area (Å²) in [6.45, 7) is 6.66. The number of hydrogen-bond acceptors (Lipinski definition) is 5. The second-order valence-electron chi connectivity index (χ2n) is 4.67. The van der Waals surface area contributed by atoms with Crippen molar-refractivity contribution in [2.75, 3.05) is 0 Å². The molecule has 2 rings (SSSR count). The van der Waals surface area contributed by atoms with Crippen LogP contribution in [0.5, 0.6) is 0 Å². The molecule has 0 bridgehead atoms. The highest BCUT2D eigenvalue weighted by molar-refractivity contribution is 7.10. The Hall–Kier alpha value is -1.27. The van der Waals surface area contributed by atoms with Crippen molar-refractivity contribution >= 4 is 28.6 Å². The zero-order valence-electron chi connectivity index (χ0n) is 11.3. The first-order chi connectivity index (χ1) is 9.04. The maximum absolute atomic E-state index is 11.8. The Kier molecular flexibility index (Phi) is 4.66. The molecule has 102 valence electrons. The second-order valence-corrected chi connectivity index (χ2v) is 6.50. The van der Waals surface area contributed by atoms with Crippen molar-refractivity contribution in [2.45, 2.75) is 39.7 Å².